The van der Waals surface area contributed by atoms with Crippen LogP contribution in [0.1, 0.15) is 5.56 Å². The summed E-state index contributed by atoms with van der Waals surface area (Å²) in [5, 5.41) is 7.31. The number of nitrogens with one attached hydrogen (secondary N) is 1. The number of anilines is 1. The highest BCUT2D eigenvalue weighted by Crippen LogP contribution is 2.13. The van der Waals surface area contributed by atoms with Gasteiger partial charge in [-0.1, -0.05) is 0 Å². The second kappa shape index (κ2) is 5.51. The zero-order chi connectivity index (χ0) is 12.1. The van der Waals surface area contributed by atoms with Crippen molar-refractivity contribution in [2.75, 3.05) is 39.1 Å². The van der Waals surface area contributed by atoms with E-state index < -0.39 is 0 Å². The van der Waals surface area contributed by atoms with Crippen LogP contribution in [0.25, 0.3) is 0 Å². The number of nitrogens with zero attached hydrogens (tertiary/aromatic N) is 2. The average Bonchev–Trinajstić information content (AvgIpc) is 2.26. The van der Waals surface area contributed by atoms with Crippen molar-refractivity contribution in [3.63, 3.8) is 0 Å². The van der Waals surface area contributed by atoms with Gasteiger partial charge in [0.25, 0.3) is 0 Å². The van der Waals surface area contributed by atoms with Gasteiger partial charge in [0.2, 0.25) is 0 Å². The van der Waals surface area contributed by atoms with Gasteiger partial charge < -0.3 is 15.5 Å². The lowest BCUT2D eigenvalue weighted by Gasteiger charge is -2.21. The minimum Gasteiger partial charge on any atom is -0.384 e. The van der Waals surface area contributed by atoms with Crippen molar-refractivity contribution in [2.24, 2.45) is 5.73 Å². The summed E-state index contributed by atoms with van der Waals surface area (Å²) in [7, 11) is 6.19. The maximum atomic E-state index is 7.31. The fourth-order valence-corrected chi connectivity index (χ4v) is 1.37. The molecule has 16 heavy (non-hydrogen) atoms. The van der Waals surface area contributed by atoms with E-state index in [2.05, 4.69) is 30.9 Å². The Morgan fingerprint density at radius 2 is 1.69 bits per heavy atom. The number of nitrogen functional groups attached to an aromatic ring is 1. The number of hydrogen-bond donors (Lipinski definition) is 2. The van der Waals surface area contributed by atoms with Crippen LogP contribution in [-0.2, 0) is 0 Å². The Balaban J connectivity index is 2.63. The molecule has 0 amide bonds. The first-order chi connectivity index (χ1) is 7.50. The molecule has 3 N–H and O–H groups in total. The van der Waals surface area contributed by atoms with Gasteiger partial charge in [0.15, 0.2) is 0 Å². The third-order valence-corrected chi connectivity index (χ3v) is 2.50. The Morgan fingerprint density at radius 1 is 1.12 bits per heavy atom. The van der Waals surface area contributed by atoms with Gasteiger partial charge in [-0.15, -0.1) is 0 Å². The zero-order valence-electron chi connectivity index (χ0n) is 10.2. The van der Waals surface area contributed by atoms with Crippen molar-refractivity contribution in [3.05, 3.63) is 29.8 Å². The SMILES string of the molecule is CN(C)CCN(C)c1ccc(C(=N)N)cc1. The molecular formula is C12H20N4. The first-order valence-electron chi connectivity index (χ1n) is 5.31. The van der Waals surface area contributed by atoms with E-state index in [1.54, 1.807) is 0 Å². The number of amidine groups is 1. The summed E-state index contributed by atoms with van der Waals surface area (Å²) in [4.78, 5) is 4.34. The molecule has 1 aromatic rings. The van der Waals surface area contributed by atoms with Crippen molar-refractivity contribution in [1.82, 2.24) is 4.90 Å². The Labute approximate surface area is 97.2 Å². The summed E-state index contributed by atoms with van der Waals surface area (Å²) in [6, 6.07) is 7.74. The van der Waals surface area contributed by atoms with Crippen molar-refractivity contribution < 1.29 is 0 Å². The number of likely N-dealkylation sites (N-methyl/N-ethyl adjacent to an activating group) is 2. The van der Waals surface area contributed by atoms with Crippen molar-refractivity contribution >= 4 is 11.5 Å². The maximum Gasteiger partial charge on any atom is 0.122 e. The molecule has 0 saturated heterocycles. The fourth-order valence-electron chi connectivity index (χ4n) is 1.37. The number of benzene rings is 1. The molecule has 0 saturated carbocycles. The van der Waals surface area contributed by atoms with E-state index in [9.17, 15) is 0 Å². The van der Waals surface area contributed by atoms with Crippen LogP contribution in [-0.4, -0.2) is 45.0 Å². The molecule has 1 rings (SSSR count). The van der Waals surface area contributed by atoms with Crippen molar-refractivity contribution in [1.29, 1.82) is 5.41 Å². The molecule has 1 aromatic carbocycles. The summed E-state index contributed by atoms with van der Waals surface area (Å²) in [6.07, 6.45) is 0. The first-order valence-corrected chi connectivity index (χ1v) is 5.31. The zero-order valence-corrected chi connectivity index (χ0v) is 10.2. The number of hydrogen-bond acceptors (Lipinski definition) is 3. The fraction of sp³-hybridized carbons (Fsp3) is 0.417. The third kappa shape index (κ3) is 3.55. The first kappa shape index (κ1) is 12.5. The molecule has 0 aromatic heterocycles. The molecular weight excluding hydrogens is 200 g/mol. The Kier molecular flexibility index (Phi) is 4.31. The third-order valence-electron chi connectivity index (χ3n) is 2.50. The largest absolute Gasteiger partial charge is 0.384 e. The molecule has 4 nitrogen and oxygen atoms in total. The van der Waals surface area contributed by atoms with Gasteiger partial charge in [-0.2, -0.15) is 0 Å². The summed E-state index contributed by atoms with van der Waals surface area (Å²) in [5.74, 6) is 0.113. The van der Waals surface area contributed by atoms with Gasteiger partial charge in [0.1, 0.15) is 5.84 Å². The van der Waals surface area contributed by atoms with Crippen LogP contribution in [0, 0.1) is 5.41 Å². The van der Waals surface area contributed by atoms with E-state index in [-0.39, 0.29) is 5.84 Å². The Bertz CT molecular complexity index is 343. The maximum absolute atomic E-state index is 7.31. The minimum atomic E-state index is 0.113. The standard InChI is InChI=1S/C12H20N4/c1-15(2)8-9-16(3)11-6-4-10(5-7-11)12(13)14/h4-7H,8-9H2,1-3H3,(H3,13,14). The Hall–Kier alpha value is -1.55. The summed E-state index contributed by atoms with van der Waals surface area (Å²) >= 11 is 0. The van der Waals surface area contributed by atoms with E-state index in [1.807, 2.05) is 24.3 Å². The Morgan fingerprint density at radius 3 is 2.12 bits per heavy atom. The van der Waals surface area contributed by atoms with Crippen molar-refractivity contribution in [3.8, 4) is 0 Å². The van der Waals surface area contributed by atoms with Crippen LogP contribution in [0.2, 0.25) is 0 Å². The number of rotatable bonds is 5. The van der Waals surface area contributed by atoms with Crippen LogP contribution in [0.4, 0.5) is 5.69 Å². The van der Waals surface area contributed by atoms with Gasteiger partial charge in [-0.3, -0.25) is 5.41 Å². The van der Waals surface area contributed by atoms with E-state index in [0.29, 0.717) is 0 Å². The lowest BCUT2D eigenvalue weighted by molar-refractivity contribution is 0.416. The molecule has 0 fully saturated rings. The molecule has 0 aliphatic rings. The molecule has 0 unspecified atom stereocenters. The minimum absolute atomic E-state index is 0.113. The molecule has 0 aliphatic heterocycles. The molecule has 0 aliphatic carbocycles. The topological polar surface area (TPSA) is 56.4 Å². The lowest BCUT2D eigenvalue weighted by atomic mass is 10.2. The highest BCUT2D eigenvalue weighted by Gasteiger charge is 2.02. The average molecular weight is 220 g/mol. The summed E-state index contributed by atoms with van der Waals surface area (Å²) in [5.41, 5.74) is 7.31. The highest BCUT2D eigenvalue weighted by atomic mass is 15.1. The van der Waals surface area contributed by atoms with Gasteiger partial charge in [-0.25, -0.2) is 0 Å². The summed E-state index contributed by atoms with van der Waals surface area (Å²) in [6.45, 7) is 2.00. The lowest BCUT2D eigenvalue weighted by Crippen LogP contribution is -2.28. The monoisotopic (exact) mass is 220 g/mol. The van der Waals surface area contributed by atoms with Gasteiger partial charge in [-0.05, 0) is 38.4 Å². The molecule has 0 heterocycles. The van der Waals surface area contributed by atoms with Crippen LogP contribution in [0.5, 0.6) is 0 Å². The molecule has 4 heteroatoms. The predicted octanol–water partition coefficient (Wildman–Crippen LogP) is 0.968. The normalized spacial score (nSPS) is 10.5. The van der Waals surface area contributed by atoms with E-state index >= 15 is 0 Å². The smallest absolute Gasteiger partial charge is 0.122 e. The molecule has 0 bridgehead atoms. The quantitative estimate of drug-likeness (QED) is 0.574. The second-order valence-electron chi connectivity index (χ2n) is 4.19. The van der Waals surface area contributed by atoms with Gasteiger partial charge in [0, 0.05) is 31.4 Å². The van der Waals surface area contributed by atoms with E-state index in [1.165, 1.54) is 0 Å². The predicted molar refractivity (Wildman–Crippen MR) is 69.3 cm³/mol. The number of nitrogens with two attached hydrogens (primary N) is 1. The van der Waals surface area contributed by atoms with Gasteiger partial charge >= 0.3 is 0 Å². The highest BCUT2D eigenvalue weighted by molar-refractivity contribution is 5.95. The molecule has 0 atom stereocenters. The van der Waals surface area contributed by atoms with Gasteiger partial charge in [0.05, 0.1) is 0 Å². The summed E-state index contributed by atoms with van der Waals surface area (Å²) < 4.78 is 0. The van der Waals surface area contributed by atoms with Crippen LogP contribution >= 0.6 is 0 Å². The van der Waals surface area contributed by atoms with Crippen molar-refractivity contribution in [2.45, 2.75) is 0 Å². The molecule has 88 valence electrons. The van der Waals surface area contributed by atoms with E-state index in [4.69, 9.17) is 11.1 Å². The second-order valence-corrected chi connectivity index (χ2v) is 4.19. The van der Waals surface area contributed by atoms with Crippen LogP contribution < -0.4 is 10.6 Å². The van der Waals surface area contributed by atoms with Crippen LogP contribution in [0.15, 0.2) is 24.3 Å². The molecule has 0 radical (unpaired) electrons. The van der Waals surface area contributed by atoms with Crippen LogP contribution in [0.3, 0.4) is 0 Å². The van der Waals surface area contributed by atoms with E-state index in [0.717, 1.165) is 24.3 Å². The molecule has 0 spiro atoms.